The molecule has 0 bridgehead atoms. The molecule has 2 aromatic carbocycles. The monoisotopic (exact) mass is 356 g/mol. The van der Waals surface area contributed by atoms with Crippen molar-refractivity contribution in [2.75, 3.05) is 7.11 Å². The average Bonchev–Trinajstić information content (AvgIpc) is 2.47. The zero-order valence-electron chi connectivity index (χ0n) is 10.6. The van der Waals surface area contributed by atoms with Crippen molar-refractivity contribution < 1.29 is 13.9 Å². The molecule has 0 aliphatic carbocycles. The van der Waals surface area contributed by atoms with Crippen molar-refractivity contribution in [3.05, 3.63) is 63.9 Å². The number of hydrogen-bond donors (Lipinski definition) is 0. The fourth-order valence-corrected chi connectivity index (χ4v) is 2.44. The highest BCUT2D eigenvalue weighted by Crippen LogP contribution is 2.30. The third-order valence-electron chi connectivity index (χ3n) is 2.83. The number of ketones is 1. The maximum atomic E-state index is 12.9. The highest BCUT2D eigenvalue weighted by Gasteiger charge is 2.22. The Morgan fingerprint density at radius 2 is 1.90 bits per heavy atom. The van der Waals surface area contributed by atoms with Gasteiger partial charge in [-0.1, -0.05) is 28.1 Å². The zero-order chi connectivity index (χ0) is 14.7. The molecule has 5 heteroatoms. The van der Waals surface area contributed by atoms with E-state index < -0.39 is 5.38 Å². The first-order valence-electron chi connectivity index (χ1n) is 5.80. The lowest BCUT2D eigenvalue weighted by Gasteiger charge is -2.11. The van der Waals surface area contributed by atoms with E-state index in [-0.39, 0.29) is 11.6 Å². The molecule has 0 aliphatic rings. The van der Waals surface area contributed by atoms with Crippen LogP contribution in [0.4, 0.5) is 4.39 Å². The molecular weight excluding hydrogens is 347 g/mol. The van der Waals surface area contributed by atoms with Crippen LogP contribution in [-0.2, 0) is 0 Å². The number of carbonyl (C=O) groups excluding carboxylic acids is 1. The standard InChI is InChI=1S/C15H11BrClFO2/c1-20-11-6-7-13(16)12(8-11)15(19)14(17)9-2-4-10(18)5-3-9/h2-8,14H,1H3. The van der Waals surface area contributed by atoms with Gasteiger partial charge in [0.25, 0.3) is 0 Å². The first-order chi connectivity index (χ1) is 9.52. The Morgan fingerprint density at radius 1 is 1.25 bits per heavy atom. The molecule has 0 amide bonds. The smallest absolute Gasteiger partial charge is 0.186 e. The van der Waals surface area contributed by atoms with E-state index in [1.54, 1.807) is 18.2 Å². The molecule has 104 valence electrons. The molecule has 20 heavy (non-hydrogen) atoms. The average molecular weight is 358 g/mol. The van der Waals surface area contributed by atoms with Gasteiger partial charge in [-0.3, -0.25) is 4.79 Å². The van der Waals surface area contributed by atoms with Gasteiger partial charge in [0, 0.05) is 10.0 Å². The van der Waals surface area contributed by atoms with E-state index in [2.05, 4.69) is 15.9 Å². The molecule has 0 N–H and O–H groups in total. The molecule has 1 atom stereocenters. The van der Waals surface area contributed by atoms with Crippen LogP contribution < -0.4 is 4.74 Å². The minimum atomic E-state index is -0.876. The summed E-state index contributed by atoms with van der Waals surface area (Å²) < 4.78 is 18.6. The van der Waals surface area contributed by atoms with Gasteiger partial charge < -0.3 is 4.74 Å². The maximum Gasteiger partial charge on any atom is 0.186 e. The summed E-state index contributed by atoms with van der Waals surface area (Å²) in [5.41, 5.74) is 0.974. The number of carbonyl (C=O) groups is 1. The molecule has 0 aliphatic heterocycles. The highest BCUT2D eigenvalue weighted by molar-refractivity contribution is 9.10. The molecule has 0 heterocycles. The predicted octanol–water partition coefficient (Wildman–Crippen LogP) is 4.76. The van der Waals surface area contributed by atoms with Gasteiger partial charge in [0.1, 0.15) is 16.9 Å². The fraction of sp³-hybridized carbons (Fsp3) is 0.133. The first-order valence-corrected chi connectivity index (χ1v) is 7.03. The molecule has 0 radical (unpaired) electrons. The van der Waals surface area contributed by atoms with Gasteiger partial charge in [0.05, 0.1) is 7.11 Å². The number of methoxy groups -OCH3 is 1. The van der Waals surface area contributed by atoms with Crippen LogP contribution in [0.2, 0.25) is 0 Å². The van der Waals surface area contributed by atoms with Gasteiger partial charge in [-0.2, -0.15) is 0 Å². The Bertz CT molecular complexity index is 628. The lowest BCUT2D eigenvalue weighted by molar-refractivity contribution is 0.0986. The summed E-state index contributed by atoms with van der Waals surface area (Å²) in [6.45, 7) is 0. The Hall–Kier alpha value is -1.39. The van der Waals surface area contributed by atoms with Crippen molar-refractivity contribution in [2.24, 2.45) is 0 Å². The van der Waals surface area contributed by atoms with E-state index >= 15 is 0 Å². The molecule has 2 nitrogen and oxygen atoms in total. The first kappa shape index (κ1) is 15.0. The number of alkyl halides is 1. The van der Waals surface area contributed by atoms with Crippen molar-refractivity contribution in [2.45, 2.75) is 5.38 Å². The van der Waals surface area contributed by atoms with Crippen LogP contribution in [-0.4, -0.2) is 12.9 Å². The molecule has 0 saturated heterocycles. The van der Waals surface area contributed by atoms with Crippen molar-refractivity contribution >= 4 is 33.3 Å². The van der Waals surface area contributed by atoms with Crippen molar-refractivity contribution in [3.63, 3.8) is 0 Å². The number of benzene rings is 2. The second-order valence-electron chi connectivity index (χ2n) is 4.12. The zero-order valence-corrected chi connectivity index (χ0v) is 12.9. The van der Waals surface area contributed by atoms with Gasteiger partial charge in [0.2, 0.25) is 0 Å². The van der Waals surface area contributed by atoms with Crippen molar-refractivity contribution in [1.82, 2.24) is 0 Å². The summed E-state index contributed by atoms with van der Waals surface area (Å²) >= 11 is 9.50. The van der Waals surface area contributed by atoms with Crippen LogP contribution in [0.3, 0.4) is 0 Å². The second-order valence-corrected chi connectivity index (χ2v) is 5.41. The van der Waals surface area contributed by atoms with Gasteiger partial charge in [-0.05, 0) is 35.9 Å². The molecule has 0 fully saturated rings. The lowest BCUT2D eigenvalue weighted by atomic mass is 10.0. The van der Waals surface area contributed by atoms with Crippen LogP contribution in [0, 0.1) is 5.82 Å². The maximum absolute atomic E-state index is 12.9. The predicted molar refractivity (Wildman–Crippen MR) is 80.0 cm³/mol. The van der Waals surface area contributed by atoms with E-state index in [0.29, 0.717) is 21.3 Å². The summed E-state index contributed by atoms with van der Waals surface area (Å²) in [4.78, 5) is 12.4. The molecule has 0 spiro atoms. The number of hydrogen-bond acceptors (Lipinski definition) is 2. The minimum absolute atomic E-state index is 0.274. The number of halogens is 3. The fourth-order valence-electron chi connectivity index (χ4n) is 1.74. The molecular formula is C15H11BrClFO2. The molecule has 2 rings (SSSR count). The normalized spacial score (nSPS) is 12.0. The van der Waals surface area contributed by atoms with E-state index in [0.717, 1.165) is 0 Å². The Morgan fingerprint density at radius 3 is 2.50 bits per heavy atom. The van der Waals surface area contributed by atoms with Gasteiger partial charge >= 0.3 is 0 Å². The van der Waals surface area contributed by atoms with Gasteiger partial charge in [-0.25, -0.2) is 4.39 Å². The van der Waals surface area contributed by atoms with E-state index in [1.165, 1.54) is 31.4 Å². The number of ether oxygens (including phenoxy) is 1. The Labute approximate surface area is 129 Å². The largest absolute Gasteiger partial charge is 0.497 e. The summed E-state index contributed by atoms with van der Waals surface area (Å²) in [6.07, 6.45) is 0. The third-order valence-corrected chi connectivity index (χ3v) is 3.97. The molecule has 2 aromatic rings. The third kappa shape index (κ3) is 3.19. The lowest BCUT2D eigenvalue weighted by Crippen LogP contribution is -2.08. The summed E-state index contributed by atoms with van der Waals surface area (Å²) in [5.74, 6) is -0.0730. The van der Waals surface area contributed by atoms with Crippen LogP contribution >= 0.6 is 27.5 Å². The summed E-state index contributed by atoms with van der Waals surface area (Å²) in [7, 11) is 1.52. The summed E-state index contributed by atoms with van der Waals surface area (Å²) in [5, 5.41) is -0.876. The second kappa shape index (κ2) is 6.37. The van der Waals surface area contributed by atoms with Crippen LogP contribution in [0.1, 0.15) is 21.3 Å². The minimum Gasteiger partial charge on any atom is -0.497 e. The number of rotatable bonds is 4. The molecule has 1 unspecified atom stereocenters. The van der Waals surface area contributed by atoms with E-state index in [1.807, 2.05) is 0 Å². The van der Waals surface area contributed by atoms with Crippen molar-refractivity contribution in [3.8, 4) is 5.75 Å². The SMILES string of the molecule is COc1ccc(Br)c(C(=O)C(Cl)c2ccc(F)cc2)c1. The Balaban J connectivity index is 2.33. The molecule has 0 aromatic heterocycles. The van der Waals surface area contributed by atoms with Crippen LogP contribution in [0.25, 0.3) is 0 Å². The molecule has 0 saturated carbocycles. The quantitative estimate of drug-likeness (QED) is 0.582. The van der Waals surface area contributed by atoms with Crippen LogP contribution in [0.5, 0.6) is 5.75 Å². The highest BCUT2D eigenvalue weighted by atomic mass is 79.9. The van der Waals surface area contributed by atoms with Gasteiger partial charge in [-0.15, -0.1) is 11.6 Å². The Kier molecular flexibility index (Phi) is 4.78. The summed E-state index contributed by atoms with van der Waals surface area (Å²) in [6, 6.07) is 10.6. The van der Waals surface area contributed by atoms with Crippen molar-refractivity contribution in [1.29, 1.82) is 0 Å². The van der Waals surface area contributed by atoms with Crippen LogP contribution in [0.15, 0.2) is 46.9 Å². The topological polar surface area (TPSA) is 26.3 Å². The van der Waals surface area contributed by atoms with E-state index in [9.17, 15) is 9.18 Å². The van der Waals surface area contributed by atoms with E-state index in [4.69, 9.17) is 16.3 Å². The number of Topliss-reactive ketones (excluding diaryl/α,β-unsaturated/α-hetero) is 1. The van der Waals surface area contributed by atoms with Gasteiger partial charge in [0.15, 0.2) is 5.78 Å².